The van der Waals surface area contributed by atoms with Crippen LogP contribution in [0, 0.1) is 0 Å². The van der Waals surface area contributed by atoms with E-state index in [1.54, 1.807) is 12.1 Å². The lowest BCUT2D eigenvalue weighted by Gasteiger charge is -2.25. The summed E-state index contributed by atoms with van der Waals surface area (Å²) < 4.78 is 5.64. The first-order chi connectivity index (χ1) is 8.20. The van der Waals surface area contributed by atoms with Gasteiger partial charge in [0.2, 0.25) is 0 Å². The summed E-state index contributed by atoms with van der Waals surface area (Å²) in [7, 11) is 0. The van der Waals surface area contributed by atoms with E-state index in [0.717, 1.165) is 17.7 Å². The van der Waals surface area contributed by atoms with Gasteiger partial charge in [-0.3, -0.25) is 4.79 Å². The molecule has 90 valence electrons. The number of ether oxygens (including phenoxy) is 1. The summed E-state index contributed by atoms with van der Waals surface area (Å²) in [6.07, 6.45) is 2.72. The summed E-state index contributed by atoms with van der Waals surface area (Å²) in [5, 5.41) is 3.43. The van der Waals surface area contributed by atoms with Crippen LogP contribution >= 0.6 is 11.6 Å². The molecule has 0 radical (unpaired) electrons. The zero-order chi connectivity index (χ0) is 12.3. The molecule has 1 N–H and O–H groups in total. The maximum Gasteiger partial charge on any atom is 0.261 e. The van der Waals surface area contributed by atoms with E-state index in [1.165, 1.54) is 0 Å². The Balaban J connectivity index is 2.05. The molecule has 1 amide bonds. The highest BCUT2D eigenvalue weighted by Crippen LogP contribution is 2.29. The number of benzene rings is 1. The van der Waals surface area contributed by atoms with Crippen LogP contribution < -0.4 is 10.1 Å². The van der Waals surface area contributed by atoms with Crippen molar-refractivity contribution < 1.29 is 9.53 Å². The van der Waals surface area contributed by atoms with Crippen LogP contribution in [0.3, 0.4) is 0 Å². The smallest absolute Gasteiger partial charge is 0.261 e. The van der Waals surface area contributed by atoms with Gasteiger partial charge < -0.3 is 10.1 Å². The predicted molar refractivity (Wildman–Crippen MR) is 67.4 cm³/mol. The summed E-state index contributed by atoms with van der Waals surface area (Å²) in [5.74, 6) is 0.657. The van der Waals surface area contributed by atoms with E-state index in [1.807, 2.05) is 12.1 Å². The highest BCUT2D eigenvalue weighted by Gasteiger charge is 2.25. The molecule has 17 heavy (non-hydrogen) atoms. The van der Waals surface area contributed by atoms with E-state index in [9.17, 15) is 4.79 Å². The Morgan fingerprint density at radius 2 is 2.47 bits per heavy atom. The summed E-state index contributed by atoms with van der Waals surface area (Å²) in [4.78, 5) is 11.7. The molecule has 0 spiro atoms. The third kappa shape index (κ3) is 2.80. The first-order valence-corrected chi connectivity index (χ1v) is 5.92. The molecule has 1 aliphatic heterocycles. The minimum absolute atomic E-state index is 0.0921. The normalized spacial score (nSPS) is 17.8. The van der Waals surface area contributed by atoms with Crippen molar-refractivity contribution in [3.63, 3.8) is 0 Å². The molecule has 0 saturated heterocycles. The number of aryl methyl sites for hydroxylation is 1. The first kappa shape index (κ1) is 12.0. The molecule has 1 aromatic rings. The topological polar surface area (TPSA) is 38.3 Å². The van der Waals surface area contributed by atoms with Gasteiger partial charge in [0.15, 0.2) is 6.10 Å². The summed E-state index contributed by atoms with van der Waals surface area (Å²) in [6.45, 7) is 4.02. The maximum atomic E-state index is 11.7. The van der Waals surface area contributed by atoms with Crippen LogP contribution in [0.25, 0.3) is 0 Å². The van der Waals surface area contributed by atoms with Crippen LogP contribution in [0.2, 0.25) is 5.02 Å². The Morgan fingerprint density at radius 3 is 3.24 bits per heavy atom. The molecule has 1 heterocycles. The molecule has 0 fully saturated rings. The van der Waals surface area contributed by atoms with Crippen molar-refractivity contribution in [2.45, 2.75) is 18.9 Å². The van der Waals surface area contributed by atoms with Crippen LogP contribution in [0.5, 0.6) is 5.75 Å². The number of amides is 1. The molecule has 1 unspecified atom stereocenters. The van der Waals surface area contributed by atoms with Gasteiger partial charge in [-0.2, -0.15) is 0 Å². The van der Waals surface area contributed by atoms with E-state index < -0.39 is 6.10 Å². The minimum Gasteiger partial charge on any atom is -0.480 e. The fourth-order valence-corrected chi connectivity index (χ4v) is 2.02. The largest absolute Gasteiger partial charge is 0.480 e. The molecule has 0 saturated carbocycles. The third-order valence-corrected chi connectivity index (χ3v) is 2.92. The summed E-state index contributed by atoms with van der Waals surface area (Å²) in [6, 6.07) is 5.46. The lowest BCUT2D eigenvalue weighted by molar-refractivity contribution is -0.128. The van der Waals surface area contributed by atoms with Crippen LogP contribution in [0.1, 0.15) is 12.0 Å². The number of fused-ring (bicyclic) bond motifs is 1. The molecule has 1 atom stereocenters. The molecular weight excluding hydrogens is 238 g/mol. The van der Waals surface area contributed by atoms with Gasteiger partial charge in [-0.15, -0.1) is 6.58 Å². The fourth-order valence-electron chi connectivity index (χ4n) is 1.83. The fraction of sp³-hybridized carbons (Fsp3) is 0.308. The van der Waals surface area contributed by atoms with Gasteiger partial charge in [0.05, 0.1) is 0 Å². The quantitative estimate of drug-likeness (QED) is 0.838. The maximum absolute atomic E-state index is 11.7. The van der Waals surface area contributed by atoms with E-state index in [4.69, 9.17) is 16.3 Å². The van der Waals surface area contributed by atoms with Crippen molar-refractivity contribution in [3.05, 3.63) is 41.4 Å². The molecule has 2 rings (SSSR count). The van der Waals surface area contributed by atoms with Gasteiger partial charge in [-0.25, -0.2) is 0 Å². The van der Waals surface area contributed by atoms with Gasteiger partial charge in [0.25, 0.3) is 5.91 Å². The minimum atomic E-state index is -0.413. The lowest BCUT2D eigenvalue weighted by atomic mass is 10.0. The van der Waals surface area contributed by atoms with E-state index in [-0.39, 0.29) is 5.91 Å². The van der Waals surface area contributed by atoms with Crippen LogP contribution in [0.15, 0.2) is 30.9 Å². The molecule has 0 aromatic heterocycles. The third-order valence-electron chi connectivity index (χ3n) is 2.68. The van der Waals surface area contributed by atoms with Gasteiger partial charge in [-0.05, 0) is 36.6 Å². The number of carbonyl (C=O) groups excluding carboxylic acids is 1. The van der Waals surface area contributed by atoms with Crippen molar-refractivity contribution in [2.24, 2.45) is 0 Å². The zero-order valence-corrected chi connectivity index (χ0v) is 10.2. The second-order valence-electron chi connectivity index (χ2n) is 3.93. The summed E-state index contributed by atoms with van der Waals surface area (Å²) in [5.41, 5.74) is 1.06. The van der Waals surface area contributed by atoms with Crippen LogP contribution in [-0.4, -0.2) is 18.6 Å². The zero-order valence-electron chi connectivity index (χ0n) is 9.41. The Hall–Kier alpha value is -1.48. The molecule has 0 bridgehead atoms. The number of hydrogen-bond acceptors (Lipinski definition) is 2. The van der Waals surface area contributed by atoms with Crippen molar-refractivity contribution in [3.8, 4) is 5.75 Å². The Kier molecular flexibility index (Phi) is 3.69. The van der Waals surface area contributed by atoms with Gasteiger partial charge in [0.1, 0.15) is 5.75 Å². The molecule has 3 nitrogen and oxygen atoms in total. The Morgan fingerprint density at radius 1 is 1.65 bits per heavy atom. The highest BCUT2D eigenvalue weighted by atomic mass is 35.5. The summed E-state index contributed by atoms with van der Waals surface area (Å²) >= 11 is 5.90. The van der Waals surface area contributed by atoms with Crippen molar-refractivity contribution in [1.29, 1.82) is 0 Å². The van der Waals surface area contributed by atoms with Crippen molar-refractivity contribution in [2.75, 3.05) is 6.54 Å². The van der Waals surface area contributed by atoms with Gasteiger partial charge in [0, 0.05) is 11.6 Å². The second kappa shape index (κ2) is 5.23. The number of hydrogen-bond donors (Lipinski definition) is 1. The Bertz CT molecular complexity index is 445. The number of rotatable bonds is 3. The SMILES string of the molecule is C=CCNC(=O)C1CCc2cc(Cl)ccc2O1. The lowest BCUT2D eigenvalue weighted by Crippen LogP contribution is -2.40. The van der Waals surface area contributed by atoms with E-state index >= 15 is 0 Å². The number of nitrogens with one attached hydrogen (secondary N) is 1. The number of carbonyl (C=O) groups is 1. The number of halogens is 1. The van der Waals surface area contributed by atoms with E-state index in [2.05, 4.69) is 11.9 Å². The van der Waals surface area contributed by atoms with Crippen LogP contribution in [0.4, 0.5) is 0 Å². The molecular formula is C13H14ClNO2. The average molecular weight is 252 g/mol. The standard InChI is InChI=1S/C13H14ClNO2/c1-2-7-15-13(16)12-5-3-9-8-10(14)4-6-11(9)17-12/h2,4,6,8,12H,1,3,5,7H2,(H,15,16). The second-order valence-corrected chi connectivity index (χ2v) is 4.37. The van der Waals surface area contributed by atoms with Gasteiger partial charge >= 0.3 is 0 Å². The van der Waals surface area contributed by atoms with Crippen molar-refractivity contribution >= 4 is 17.5 Å². The van der Waals surface area contributed by atoms with Crippen LogP contribution in [-0.2, 0) is 11.2 Å². The molecule has 1 aliphatic rings. The highest BCUT2D eigenvalue weighted by molar-refractivity contribution is 6.30. The molecule has 1 aromatic carbocycles. The monoisotopic (exact) mass is 251 g/mol. The average Bonchev–Trinajstić information content (AvgIpc) is 2.35. The van der Waals surface area contributed by atoms with Gasteiger partial charge in [-0.1, -0.05) is 17.7 Å². The van der Waals surface area contributed by atoms with E-state index in [0.29, 0.717) is 18.0 Å². The molecule has 0 aliphatic carbocycles. The predicted octanol–water partition coefficient (Wildman–Crippen LogP) is 2.34. The molecule has 4 heteroatoms. The first-order valence-electron chi connectivity index (χ1n) is 5.54. The van der Waals surface area contributed by atoms with Crippen molar-refractivity contribution in [1.82, 2.24) is 5.32 Å². The Labute approximate surface area is 105 Å².